The average Bonchev–Trinajstić information content (AvgIpc) is 3.30. The number of aryl methyl sites for hydroxylation is 1. The first-order valence-electron chi connectivity index (χ1n) is 13.7. The molecule has 5 rings (SSSR count). The molecule has 2 aromatic heterocycles. The number of fused-ring (bicyclic) bond motifs is 1. The third-order valence-corrected chi connectivity index (χ3v) is 7.41. The second-order valence-electron chi connectivity index (χ2n) is 10.5. The number of piperidine rings is 1. The molecule has 1 aliphatic rings. The lowest BCUT2D eigenvalue weighted by atomic mass is 10.0. The second-order valence-corrected chi connectivity index (χ2v) is 10.9. The minimum atomic E-state index is -0.200. The van der Waals surface area contributed by atoms with Crippen molar-refractivity contribution in [3.05, 3.63) is 83.2 Å². The number of H-pyrrole nitrogens is 1. The van der Waals surface area contributed by atoms with Gasteiger partial charge in [0.1, 0.15) is 0 Å². The molecule has 41 heavy (non-hydrogen) atoms. The van der Waals surface area contributed by atoms with Crippen LogP contribution in [0.4, 0.5) is 11.6 Å². The minimum Gasteiger partial charge on any atom is -0.358 e. The molecule has 0 atom stereocenters. The lowest BCUT2D eigenvalue weighted by Crippen LogP contribution is -2.42. The second kappa shape index (κ2) is 12.5. The van der Waals surface area contributed by atoms with Crippen LogP contribution in [0.25, 0.3) is 22.2 Å². The van der Waals surface area contributed by atoms with E-state index in [1.807, 2.05) is 49.0 Å². The third-order valence-electron chi connectivity index (χ3n) is 7.13. The summed E-state index contributed by atoms with van der Waals surface area (Å²) in [6.45, 7) is 3.94. The van der Waals surface area contributed by atoms with Crippen molar-refractivity contribution in [2.45, 2.75) is 25.8 Å². The largest absolute Gasteiger partial charge is 0.358 e. The number of nitrogens with zero attached hydrogens (tertiary/aromatic N) is 4. The van der Waals surface area contributed by atoms with Crippen LogP contribution in [0.15, 0.2) is 66.9 Å². The van der Waals surface area contributed by atoms with Gasteiger partial charge in [0.15, 0.2) is 0 Å². The molecular formula is C31H34ClN7O2. The number of nitrogens with one attached hydrogen (secondary N) is 3. The molecule has 4 aromatic rings. The number of carbonyl (C=O) groups is 2. The van der Waals surface area contributed by atoms with E-state index in [-0.39, 0.29) is 17.9 Å². The highest BCUT2D eigenvalue weighted by atomic mass is 35.5. The van der Waals surface area contributed by atoms with Gasteiger partial charge in [-0.25, -0.2) is 9.97 Å². The fraction of sp³-hybridized carbons (Fsp3) is 0.290. The van der Waals surface area contributed by atoms with Gasteiger partial charge in [0.05, 0.1) is 16.9 Å². The Balaban J connectivity index is 1.17. The van der Waals surface area contributed by atoms with E-state index in [9.17, 15) is 9.59 Å². The summed E-state index contributed by atoms with van der Waals surface area (Å²) in [4.78, 5) is 41.6. The first-order valence-corrected chi connectivity index (χ1v) is 14.0. The molecule has 9 nitrogen and oxygen atoms in total. The van der Waals surface area contributed by atoms with Crippen LogP contribution >= 0.6 is 11.6 Å². The van der Waals surface area contributed by atoms with E-state index in [0.29, 0.717) is 47.6 Å². The summed E-state index contributed by atoms with van der Waals surface area (Å²) in [5.41, 5.74) is 4.94. The number of amides is 2. The maximum Gasteiger partial charge on any atom is 0.253 e. The molecule has 1 aliphatic heterocycles. The van der Waals surface area contributed by atoms with E-state index < -0.39 is 0 Å². The summed E-state index contributed by atoms with van der Waals surface area (Å²) in [5, 5.41) is 7.83. The lowest BCUT2D eigenvalue weighted by Gasteiger charge is -2.32. The predicted molar refractivity (Wildman–Crippen MR) is 164 cm³/mol. The van der Waals surface area contributed by atoms with Gasteiger partial charge in [-0.1, -0.05) is 35.9 Å². The highest BCUT2D eigenvalue weighted by Gasteiger charge is 2.25. The van der Waals surface area contributed by atoms with Gasteiger partial charge < -0.3 is 25.4 Å². The maximum atomic E-state index is 13.1. The molecule has 212 valence electrons. The number of likely N-dealkylation sites (N-methyl/N-ethyl adjacent to an activating group) is 1. The summed E-state index contributed by atoms with van der Waals surface area (Å²) in [6.07, 6.45) is 6.49. The van der Waals surface area contributed by atoms with Gasteiger partial charge in [0, 0.05) is 65.2 Å². The number of carbonyl (C=O) groups excluding carboxylic acids is 2. The Morgan fingerprint density at radius 1 is 1.12 bits per heavy atom. The molecule has 0 radical (unpaired) electrons. The molecule has 0 unspecified atom stereocenters. The number of rotatable bonds is 8. The number of likely N-dealkylation sites (tertiary alicyclic amines) is 1. The summed E-state index contributed by atoms with van der Waals surface area (Å²) in [5.74, 6) is 0.300. The lowest BCUT2D eigenvalue weighted by molar-refractivity contribution is -0.111. The average molecular weight is 572 g/mol. The van der Waals surface area contributed by atoms with Crippen LogP contribution in [-0.4, -0.2) is 76.3 Å². The monoisotopic (exact) mass is 571 g/mol. The zero-order chi connectivity index (χ0) is 28.9. The first kappa shape index (κ1) is 28.3. The Labute approximate surface area is 244 Å². The van der Waals surface area contributed by atoms with Crippen LogP contribution in [0.1, 0.15) is 28.9 Å². The van der Waals surface area contributed by atoms with E-state index in [4.69, 9.17) is 16.6 Å². The van der Waals surface area contributed by atoms with Crippen LogP contribution in [0.2, 0.25) is 5.02 Å². The van der Waals surface area contributed by atoms with Crippen molar-refractivity contribution in [3.63, 3.8) is 0 Å². The van der Waals surface area contributed by atoms with Crippen molar-refractivity contribution in [1.29, 1.82) is 0 Å². The molecule has 0 spiro atoms. The third kappa shape index (κ3) is 6.75. The van der Waals surface area contributed by atoms with Crippen molar-refractivity contribution in [2.75, 3.05) is 44.4 Å². The van der Waals surface area contributed by atoms with Crippen LogP contribution in [-0.2, 0) is 4.79 Å². The molecule has 3 N–H and O–H groups in total. The van der Waals surface area contributed by atoms with Gasteiger partial charge in [-0.2, -0.15) is 0 Å². The van der Waals surface area contributed by atoms with Crippen LogP contribution < -0.4 is 10.6 Å². The Hall–Kier alpha value is -4.21. The smallest absolute Gasteiger partial charge is 0.253 e. The molecule has 1 saturated heterocycles. The van der Waals surface area contributed by atoms with Gasteiger partial charge in [0.2, 0.25) is 11.9 Å². The van der Waals surface area contributed by atoms with E-state index in [1.165, 1.54) is 6.08 Å². The van der Waals surface area contributed by atoms with Gasteiger partial charge in [0.25, 0.3) is 5.91 Å². The number of aromatic amines is 1. The summed E-state index contributed by atoms with van der Waals surface area (Å²) in [7, 11) is 3.88. The number of anilines is 2. The van der Waals surface area contributed by atoms with Gasteiger partial charge in [-0.05, 0) is 64.2 Å². The molecule has 0 aliphatic carbocycles. The zero-order valence-corrected chi connectivity index (χ0v) is 24.2. The summed E-state index contributed by atoms with van der Waals surface area (Å²) in [6, 6.07) is 15.2. The molecule has 0 saturated carbocycles. The molecular weight excluding hydrogens is 538 g/mol. The Kier molecular flexibility index (Phi) is 8.66. The number of hydrogen-bond donors (Lipinski definition) is 3. The van der Waals surface area contributed by atoms with Crippen molar-refractivity contribution in [1.82, 2.24) is 24.8 Å². The Bertz CT molecular complexity index is 1570. The van der Waals surface area contributed by atoms with Gasteiger partial charge >= 0.3 is 0 Å². The molecule has 3 heterocycles. The van der Waals surface area contributed by atoms with E-state index in [0.717, 1.165) is 35.0 Å². The highest BCUT2D eigenvalue weighted by molar-refractivity contribution is 6.33. The zero-order valence-electron chi connectivity index (χ0n) is 23.4. The van der Waals surface area contributed by atoms with E-state index in [1.54, 1.807) is 36.5 Å². The standard InChI is InChI=1S/C31H34ClN7O2/c1-20-28(24-7-4-5-8-26(24)34-20)29-25(32)19-33-31(37-29)36-23-14-17-39(18-15-23)30(41)21-10-12-22(13-11-21)35-27(40)9-6-16-38(2)3/h4-13,19,23,34H,14-18H2,1-3H3,(H,35,40)(H,33,36,37). The highest BCUT2D eigenvalue weighted by Crippen LogP contribution is 2.35. The van der Waals surface area contributed by atoms with Crippen molar-refractivity contribution in [3.8, 4) is 11.3 Å². The molecule has 0 bridgehead atoms. The SMILES string of the molecule is Cc1[nH]c2ccccc2c1-c1nc(NC2CCN(C(=O)c3ccc(NC(=O)C=CCN(C)C)cc3)CC2)ncc1Cl. The van der Waals surface area contributed by atoms with Crippen molar-refractivity contribution in [2.24, 2.45) is 0 Å². The maximum absolute atomic E-state index is 13.1. The van der Waals surface area contributed by atoms with E-state index >= 15 is 0 Å². The topological polar surface area (TPSA) is 106 Å². The number of hydrogen-bond acceptors (Lipinski definition) is 6. The summed E-state index contributed by atoms with van der Waals surface area (Å²) < 4.78 is 0. The van der Waals surface area contributed by atoms with Gasteiger partial charge in [-0.3, -0.25) is 9.59 Å². The quantitative estimate of drug-likeness (QED) is 0.246. The Morgan fingerprint density at radius 2 is 1.85 bits per heavy atom. The minimum absolute atomic E-state index is 0.0213. The number of para-hydroxylation sites is 1. The molecule has 10 heteroatoms. The van der Waals surface area contributed by atoms with Crippen LogP contribution in [0, 0.1) is 6.92 Å². The molecule has 2 amide bonds. The first-order chi connectivity index (χ1) is 19.8. The van der Waals surface area contributed by atoms with Crippen molar-refractivity contribution < 1.29 is 9.59 Å². The summed E-state index contributed by atoms with van der Waals surface area (Å²) >= 11 is 6.54. The van der Waals surface area contributed by atoms with Crippen LogP contribution in [0.5, 0.6) is 0 Å². The van der Waals surface area contributed by atoms with Crippen molar-refractivity contribution >= 4 is 46.0 Å². The fourth-order valence-electron chi connectivity index (χ4n) is 5.04. The van der Waals surface area contributed by atoms with E-state index in [2.05, 4.69) is 26.7 Å². The molecule has 2 aromatic carbocycles. The fourth-order valence-corrected chi connectivity index (χ4v) is 5.22. The Morgan fingerprint density at radius 3 is 2.59 bits per heavy atom. The number of aromatic nitrogens is 3. The number of benzene rings is 2. The van der Waals surface area contributed by atoms with Crippen LogP contribution in [0.3, 0.4) is 0 Å². The number of halogens is 1. The predicted octanol–water partition coefficient (Wildman–Crippen LogP) is 5.36. The van der Waals surface area contributed by atoms with Gasteiger partial charge in [-0.15, -0.1) is 0 Å². The molecule has 1 fully saturated rings. The normalized spacial score (nSPS) is 14.2.